The average Bonchev–Trinajstić information content (AvgIpc) is 3.97. The molecule has 13 aromatic rings. The minimum absolute atomic E-state index is 1.11. The summed E-state index contributed by atoms with van der Waals surface area (Å²) in [4.78, 5) is 2.45. The van der Waals surface area contributed by atoms with Gasteiger partial charge >= 0.3 is 0 Å². The summed E-state index contributed by atoms with van der Waals surface area (Å²) < 4.78 is 5.23. The molecule has 304 valence electrons. The average molecular weight is 862 g/mol. The molecule has 0 N–H and O–H groups in total. The van der Waals surface area contributed by atoms with Crippen molar-refractivity contribution >= 4 is 102 Å². The summed E-state index contributed by atoms with van der Waals surface area (Å²) in [5.41, 5.74) is 13.2. The van der Waals surface area contributed by atoms with Gasteiger partial charge in [0.25, 0.3) is 0 Å². The van der Waals surface area contributed by atoms with Gasteiger partial charge in [0.05, 0.1) is 10.4 Å². The maximum absolute atomic E-state index is 2.45. The van der Waals surface area contributed by atoms with E-state index in [0.29, 0.717) is 0 Å². The highest BCUT2D eigenvalue weighted by molar-refractivity contribution is 7.27. The van der Waals surface area contributed by atoms with Gasteiger partial charge in [0.2, 0.25) is 0 Å². The number of hydrogen-bond acceptors (Lipinski definition) is 3. The molecule has 0 saturated heterocycles. The molecule has 11 aromatic carbocycles. The van der Waals surface area contributed by atoms with Crippen molar-refractivity contribution in [2.24, 2.45) is 0 Å². The second kappa shape index (κ2) is 15.5. The van der Waals surface area contributed by atoms with Gasteiger partial charge in [0.15, 0.2) is 0 Å². The highest BCUT2D eigenvalue weighted by Crippen LogP contribution is 2.48. The van der Waals surface area contributed by atoms with Gasteiger partial charge in [-0.3, -0.25) is 0 Å². The summed E-state index contributed by atoms with van der Waals surface area (Å²) in [5.74, 6) is 0. The van der Waals surface area contributed by atoms with E-state index in [0.717, 1.165) is 11.4 Å². The van der Waals surface area contributed by atoms with E-state index in [-0.39, 0.29) is 0 Å². The van der Waals surface area contributed by atoms with Crippen LogP contribution in [-0.2, 0) is 0 Å². The summed E-state index contributed by atoms with van der Waals surface area (Å²) >= 11 is 3.76. The van der Waals surface area contributed by atoms with Crippen LogP contribution in [0.2, 0.25) is 0 Å². The molecule has 1 nitrogen and oxygen atoms in total. The third kappa shape index (κ3) is 6.35. The molecule has 0 spiro atoms. The number of thiophene rings is 2. The van der Waals surface area contributed by atoms with E-state index in [1.165, 1.54) is 112 Å². The molecular formula is C62H39NS2. The smallest absolute Gasteiger partial charge is 0.0640 e. The fourth-order valence-corrected chi connectivity index (χ4v) is 12.5. The number of benzene rings is 11. The summed E-state index contributed by atoms with van der Waals surface area (Å²) in [5, 5.41) is 10.3. The summed E-state index contributed by atoms with van der Waals surface area (Å²) in [6.45, 7) is 0. The lowest BCUT2D eigenvalue weighted by atomic mass is 9.93. The Kier molecular flexibility index (Phi) is 8.97. The maximum Gasteiger partial charge on any atom is 0.0640 e. The van der Waals surface area contributed by atoms with E-state index >= 15 is 0 Å². The third-order valence-electron chi connectivity index (χ3n) is 13.1. The Labute approximate surface area is 385 Å². The molecule has 0 bridgehead atoms. The van der Waals surface area contributed by atoms with Crippen molar-refractivity contribution in [2.75, 3.05) is 4.90 Å². The first kappa shape index (κ1) is 37.7. The second-order valence-electron chi connectivity index (χ2n) is 16.8. The number of hydrogen-bond donors (Lipinski definition) is 0. The quantitative estimate of drug-likeness (QED) is 0.144. The van der Waals surface area contributed by atoms with Crippen LogP contribution in [0.1, 0.15) is 0 Å². The van der Waals surface area contributed by atoms with Crippen molar-refractivity contribution in [2.45, 2.75) is 0 Å². The minimum atomic E-state index is 1.11. The highest BCUT2D eigenvalue weighted by Gasteiger charge is 2.20. The first-order valence-corrected chi connectivity index (χ1v) is 23.8. The largest absolute Gasteiger partial charge is 0.309 e. The van der Waals surface area contributed by atoms with E-state index in [2.05, 4.69) is 241 Å². The molecule has 0 aliphatic heterocycles. The van der Waals surface area contributed by atoms with Crippen molar-refractivity contribution in [3.8, 4) is 44.5 Å². The van der Waals surface area contributed by atoms with Gasteiger partial charge in [0, 0.05) is 47.0 Å². The predicted octanol–water partition coefficient (Wildman–Crippen LogP) is 18.9. The molecule has 0 aliphatic rings. The van der Waals surface area contributed by atoms with Gasteiger partial charge in [-0.05, 0) is 115 Å². The Bertz CT molecular complexity index is 3920. The fourth-order valence-electron chi connectivity index (χ4n) is 10.00. The highest BCUT2D eigenvalue weighted by atomic mass is 32.1. The van der Waals surface area contributed by atoms with E-state index in [4.69, 9.17) is 0 Å². The van der Waals surface area contributed by atoms with E-state index in [1.54, 1.807) is 0 Å². The molecule has 65 heavy (non-hydrogen) atoms. The molecular weight excluding hydrogens is 823 g/mol. The Morgan fingerprint density at radius 2 is 0.785 bits per heavy atom. The first-order chi connectivity index (χ1) is 32.2. The van der Waals surface area contributed by atoms with Gasteiger partial charge in [-0.1, -0.05) is 188 Å². The second-order valence-corrected chi connectivity index (χ2v) is 18.9. The molecule has 0 radical (unpaired) electrons. The molecule has 2 aromatic heterocycles. The Morgan fingerprint density at radius 3 is 1.55 bits per heavy atom. The van der Waals surface area contributed by atoms with Crippen LogP contribution >= 0.6 is 22.7 Å². The zero-order valence-corrected chi connectivity index (χ0v) is 36.9. The van der Waals surface area contributed by atoms with Crippen molar-refractivity contribution in [1.29, 1.82) is 0 Å². The predicted molar refractivity (Wildman–Crippen MR) is 284 cm³/mol. The van der Waals surface area contributed by atoms with Gasteiger partial charge in [0.1, 0.15) is 0 Å². The topological polar surface area (TPSA) is 3.24 Å². The van der Waals surface area contributed by atoms with Crippen LogP contribution in [0.15, 0.2) is 237 Å². The first-order valence-electron chi connectivity index (χ1n) is 22.2. The van der Waals surface area contributed by atoms with Gasteiger partial charge in [-0.2, -0.15) is 0 Å². The van der Waals surface area contributed by atoms with Crippen LogP contribution in [-0.4, -0.2) is 0 Å². The maximum atomic E-state index is 2.45. The van der Waals surface area contributed by atoms with Crippen LogP contribution in [0.3, 0.4) is 0 Å². The van der Waals surface area contributed by atoms with Crippen molar-refractivity contribution in [3.63, 3.8) is 0 Å². The Balaban J connectivity index is 0.923. The minimum Gasteiger partial charge on any atom is -0.309 e. The lowest BCUT2D eigenvalue weighted by molar-refractivity contribution is 1.30. The SMILES string of the molecule is c1ccc(-c2cccc3c2sc2c(N(c4ccc(-c5ccc(-c6cccc7sc8ccccc8c67)cc5)cc4)c4ccc(-c5cc6ccccc6c6ccccc56)cc4)cccc23)cc1. The zero-order chi connectivity index (χ0) is 42.8. The van der Waals surface area contributed by atoms with Crippen LogP contribution in [0.5, 0.6) is 0 Å². The Morgan fingerprint density at radius 1 is 0.277 bits per heavy atom. The molecule has 13 rings (SSSR count). The lowest BCUT2D eigenvalue weighted by Crippen LogP contribution is -2.10. The number of fused-ring (bicyclic) bond motifs is 9. The van der Waals surface area contributed by atoms with Crippen LogP contribution in [0.25, 0.3) is 106 Å². The summed E-state index contributed by atoms with van der Waals surface area (Å²) in [6, 6.07) is 87.0. The standard InChI is InChI=1S/C62H39NS2/c1-2-13-42(14-3-1)50-21-10-22-53-54-23-11-24-57(62(54)65-61(50)53)63(47-37-33-44(34-38-47)56-39-45-15-4-5-16-48(45)51-17-6-7-18-52(51)56)46-35-31-41(32-36-46)40-27-29-43(30-28-40)49-20-12-26-59-60(49)55-19-8-9-25-58(55)64-59/h1-39H. The number of nitrogens with zero attached hydrogens (tertiary/aromatic N) is 1. The zero-order valence-electron chi connectivity index (χ0n) is 35.3. The molecule has 3 heteroatoms. The van der Waals surface area contributed by atoms with E-state index in [1.807, 2.05) is 22.7 Å². The monoisotopic (exact) mass is 861 g/mol. The van der Waals surface area contributed by atoms with Gasteiger partial charge < -0.3 is 4.90 Å². The molecule has 0 atom stereocenters. The molecule has 0 saturated carbocycles. The molecule has 0 fully saturated rings. The van der Waals surface area contributed by atoms with E-state index in [9.17, 15) is 0 Å². The van der Waals surface area contributed by atoms with Gasteiger partial charge in [-0.25, -0.2) is 0 Å². The molecule has 0 aliphatic carbocycles. The van der Waals surface area contributed by atoms with Crippen LogP contribution in [0, 0.1) is 0 Å². The number of anilines is 3. The van der Waals surface area contributed by atoms with E-state index < -0.39 is 0 Å². The Hall–Kier alpha value is -7.82. The van der Waals surface area contributed by atoms with Crippen molar-refractivity contribution in [1.82, 2.24) is 0 Å². The summed E-state index contributed by atoms with van der Waals surface area (Å²) in [6.07, 6.45) is 0. The van der Waals surface area contributed by atoms with Crippen LogP contribution < -0.4 is 4.90 Å². The molecule has 0 amide bonds. The van der Waals surface area contributed by atoms with Crippen molar-refractivity contribution < 1.29 is 0 Å². The molecule has 2 heterocycles. The normalized spacial score (nSPS) is 11.7. The van der Waals surface area contributed by atoms with Crippen molar-refractivity contribution in [3.05, 3.63) is 237 Å². The molecule has 0 unspecified atom stereocenters. The third-order valence-corrected chi connectivity index (χ3v) is 15.5. The van der Waals surface area contributed by atoms with Crippen LogP contribution in [0.4, 0.5) is 17.1 Å². The van der Waals surface area contributed by atoms with Gasteiger partial charge in [-0.15, -0.1) is 22.7 Å². The summed E-state index contributed by atoms with van der Waals surface area (Å²) in [7, 11) is 0. The fraction of sp³-hybridized carbons (Fsp3) is 0. The lowest BCUT2D eigenvalue weighted by Gasteiger charge is -2.26. The number of rotatable bonds is 7.